The fourth-order valence-corrected chi connectivity index (χ4v) is 2.84. The van der Waals surface area contributed by atoms with Crippen molar-refractivity contribution in [3.8, 4) is 0 Å². The second kappa shape index (κ2) is 9.13. The molecule has 0 spiro atoms. The molecular weight excluding hydrogens is 300 g/mol. The van der Waals surface area contributed by atoms with E-state index in [2.05, 4.69) is 10.2 Å². The third-order valence-corrected chi connectivity index (χ3v) is 4.30. The summed E-state index contributed by atoms with van der Waals surface area (Å²) in [7, 11) is 2.03. The molecule has 1 fully saturated rings. The van der Waals surface area contributed by atoms with Gasteiger partial charge in [0.05, 0.1) is 19.3 Å². The predicted molar refractivity (Wildman–Crippen MR) is 89.0 cm³/mol. The number of carbonyl (C=O) groups is 1. The van der Waals surface area contributed by atoms with E-state index in [1.807, 2.05) is 31.3 Å². The summed E-state index contributed by atoms with van der Waals surface area (Å²) in [4.78, 5) is 14.4. The Labute approximate surface area is 137 Å². The summed E-state index contributed by atoms with van der Waals surface area (Å²) in [5, 5.41) is 3.70. The highest BCUT2D eigenvalue weighted by Gasteiger charge is 2.23. The lowest BCUT2D eigenvalue weighted by Crippen LogP contribution is -2.45. The normalized spacial score (nSPS) is 19.6. The van der Waals surface area contributed by atoms with Crippen LogP contribution in [-0.4, -0.2) is 43.6 Å². The molecule has 4 nitrogen and oxygen atoms in total. The molecule has 0 bridgehead atoms. The van der Waals surface area contributed by atoms with E-state index in [4.69, 9.17) is 16.3 Å². The molecule has 1 N–H and O–H groups in total. The fourth-order valence-electron chi connectivity index (χ4n) is 2.72. The van der Waals surface area contributed by atoms with Gasteiger partial charge < -0.3 is 10.1 Å². The highest BCUT2D eigenvalue weighted by atomic mass is 35.5. The number of carbonyl (C=O) groups excluding carboxylic acids is 1. The molecule has 1 heterocycles. The van der Waals surface area contributed by atoms with Crippen molar-refractivity contribution >= 4 is 17.5 Å². The maximum Gasteiger partial charge on any atom is 0.237 e. The van der Waals surface area contributed by atoms with Gasteiger partial charge in [-0.1, -0.05) is 36.6 Å². The van der Waals surface area contributed by atoms with Crippen LogP contribution in [0.15, 0.2) is 24.3 Å². The number of nitrogens with one attached hydrogen (secondary N) is 1. The zero-order valence-electron chi connectivity index (χ0n) is 13.2. The van der Waals surface area contributed by atoms with Crippen LogP contribution in [0.1, 0.15) is 31.2 Å². The maximum absolute atomic E-state index is 12.2. The smallest absolute Gasteiger partial charge is 0.237 e. The molecule has 22 heavy (non-hydrogen) atoms. The van der Waals surface area contributed by atoms with Crippen LogP contribution in [0.25, 0.3) is 0 Å². The van der Waals surface area contributed by atoms with Crippen LogP contribution >= 0.6 is 11.6 Å². The molecule has 0 aromatic heterocycles. The third kappa shape index (κ3) is 5.59. The van der Waals surface area contributed by atoms with Crippen molar-refractivity contribution in [1.29, 1.82) is 0 Å². The van der Waals surface area contributed by atoms with Crippen molar-refractivity contribution in [1.82, 2.24) is 10.2 Å². The molecule has 1 aliphatic heterocycles. The Morgan fingerprint density at radius 2 is 2.09 bits per heavy atom. The van der Waals surface area contributed by atoms with Gasteiger partial charge in [-0.3, -0.25) is 9.69 Å². The number of likely N-dealkylation sites (tertiary alicyclic amines) is 1. The van der Waals surface area contributed by atoms with Crippen LogP contribution in [-0.2, 0) is 16.1 Å². The Morgan fingerprint density at radius 3 is 2.86 bits per heavy atom. The van der Waals surface area contributed by atoms with Crippen LogP contribution in [0.4, 0.5) is 0 Å². The lowest BCUT2D eigenvalue weighted by molar-refractivity contribution is -0.126. The van der Waals surface area contributed by atoms with Crippen molar-refractivity contribution in [2.75, 3.05) is 26.7 Å². The Balaban J connectivity index is 1.63. The van der Waals surface area contributed by atoms with Gasteiger partial charge in [0.2, 0.25) is 5.91 Å². The quantitative estimate of drug-likeness (QED) is 0.818. The second-order valence-electron chi connectivity index (χ2n) is 5.82. The SMILES string of the molecule is CN1CCCCC[C@@H]1C(=O)NCCOCc1ccc(Cl)cc1. The maximum atomic E-state index is 12.2. The summed E-state index contributed by atoms with van der Waals surface area (Å²) in [5.74, 6) is 0.125. The van der Waals surface area contributed by atoms with Gasteiger partial charge in [-0.25, -0.2) is 0 Å². The topological polar surface area (TPSA) is 41.6 Å². The molecule has 0 radical (unpaired) electrons. The summed E-state index contributed by atoms with van der Waals surface area (Å²) in [5.41, 5.74) is 1.08. The Bertz CT molecular complexity index is 464. The highest BCUT2D eigenvalue weighted by molar-refractivity contribution is 6.30. The number of amides is 1. The number of nitrogens with zero attached hydrogens (tertiary/aromatic N) is 1. The largest absolute Gasteiger partial charge is 0.375 e. The first-order valence-corrected chi connectivity index (χ1v) is 8.35. The molecule has 2 rings (SSSR count). The molecule has 1 aromatic carbocycles. The number of benzene rings is 1. The zero-order valence-corrected chi connectivity index (χ0v) is 13.9. The van der Waals surface area contributed by atoms with E-state index < -0.39 is 0 Å². The zero-order chi connectivity index (χ0) is 15.8. The van der Waals surface area contributed by atoms with Crippen molar-refractivity contribution in [3.05, 3.63) is 34.9 Å². The van der Waals surface area contributed by atoms with Crippen LogP contribution < -0.4 is 5.32 Å². The average molecular weight is 325 g/mol. The van der Waals surface area contributed by atoms with Crippen LogP contribution in [0.5, 0.6) is 0 Å². The van der Waals surface area contributed by atoms with Gasteiger partial charge in [0.1, 0.15) is 0 Å². The van der Waals surface area contributed by atoms with Crippen molar-refractivity contribution in [2.24, 2.45) is 0 Å². The van der Waals surface area contributed by atoms with Gasteiger partial charge in [-0.2, -0.15) is 0 Å². The number of hydrogen-bond acceptors (Lipinski definition) is 3. The molecular formula is C17H25ClN2O2. The third-order valence-electron chi connectivity index (χ3n) is 4.05. The van der Waals surface area contributed by atoms with Gasteiger partial charge in [-0.05, 0) is 44.1 Å². The first-order valence-electron chi connectivity index (χ1n) is 7.97. The molecule has 1 atom stereocenters. The van der Waals surface area contributed by atoms with Crippen molar-refractivity contribution in [2.45, 2.75) is 38.3 Å². The number of rotatable bonds is 6. The monoisotopic (exact) mass is 324 g/mol. The summed E-state index contributed by atoms with van der Waals surface area (Å²) in [6, 6.07) is 7.61. The fraction of sp³-hybridized carbons (Fsp3) is 0.588. The Hall–Kier alpha value is -1.10. The molecule has 0 unspecified atom stereocenters. The summed E-state index contributed by atoms with van der Waals surface area (Å²) >= 11 is 5.84. The van der Waals surface area contributed by atoms with Crippen molar-refractivity contribution in [3.63, 3.8) is 0 Å². The Kier molecular flexibility index (Phi) is 7.16. The molecule has 122 valence electrons. The minimum absolute atomic E-state index is 0.0127. The van der Waals surface area contributed by atoms with Crippen LogP contribution in [0.2, 0.25) is 5.02 Å². The Morgan fingerprint density at radius 1 is 1.32 bits per heavy atom. The standard InChI is InChI=1S/C17H25ClN2O2/c1-20-11-4-2-3-5-16(20)17(21)19-10-12-22-13-14-6-8-15(18)9-7-14/h6-9,16H,2-5,10-13H2,1H3,(H,19,21)/t16-/m1/s1. The van der Waals surface area contributed by atoms with E-state index in [1.54, 1.807) is 0 Å². The van der Waals surface area contributed by atoms with Crippen molar-refractivity contribution < 1.29 is 9.53 Å². The molecule has 5 heteroatoms. The van der Waals surface area contributed by atoms with E-state index in [9.17, 15) is 4.79 Å². The van der Waals surface area contributed by atoms with Gasteiger partial charge in [0.15, 0.2) is 0 Å². The molecule has 0 aliphatic carbocycles. The first-order chi connectivity index (χ1) is 10.7. The molecule has 0 saturated carbocycles. The van der Waals surface area contributed by atoms with E-state index in [-0.39, 0.29) is 11.9 Å². The van der Waals surface area contributed by atoms with Gasteiger partial charge in [0, 0.05) is 11.6 Å². The number of ether oxygens (including phenoxy) is 1. The minimum Gasteiger partial charge on any atom is -0.375 e. The molecule has 1 saturated heterocycles. The molecule has 1 aromatic rings. The molecule has 1 amide bonds. The van der Waals surface area contributed by atoms with Crippen LogP contribution in [0.3, 0.4) is 0 Å². The van der Waals surface area contributed by atoms with E-state index >= 15 is 0 Å². The second-order valence-corrected chi connectivity index (χ2v) is 6.25. The van der Waals surface area contributed by atoms with E-state index in [0.717, 1.165) is 30.0 Å². The highest BCUT2D eigenvalue weighted by Crippen LogP contribution is 2.15. The number of halogens is 1. The summed E-state index contributed by atoms with van der Waals surface area (Å²) in [6.45, 7) is 2.61. The minimum atomic E-state index is 0.0127. The van der Waals surface area contributed by atoms with E-state index in [1.165, 1.54) is 12.8 Å². The lowest BCUT2D eigenvalue weighted by Gasteiger charge is -2.24. The predicted octanol–water partition coefficient (Wildman–Crippen LogP) is 2.85. The summed E-state index contributed by atoms with van der Waals surface area (Å²) in [6.07, 6.45) is 4.49. The van der Waals surface area contributed by atoms with E-state index in [0.29, 0.717) is 19.8 Å². The number of hydrogen-bond donors (Lipinski definition) is 1. The van der Waals surface area contributed by atoms with Gasteiger partial charge in [0.25, 0.3) is 0 Å². The first kappa shape index (κ1) is 17.3. The number of likely N-dealkylation sites (N-methyl/N-ethyl adjacent to an activating group) is 1. The molecule has 1 aliphatic rings. The average Bonchev–Trinajstić information content (AvgIpc) is 2.73. The lowest BCUT2D eigenvalue weighted by atomic mass is 10.1. The van der Waals surface area contributed by atoms with Gasteiger partial charge in [-0.15, -0.1) is 0 Å². The van der Waals surface area contributed by atoms with Gasteiger partial charge >= 0.3 is 0 Å². The van der Waals surface area contributed by atoms with Crippen LogP contribution in [0, 0.1) is 0 Å². The summed E-state index contributed by atoms with van der Waals surface area (Å²) < 4.78 is 5.58.